The van der Waals surface area contributed by atoms with Gasteiger partial charge in [0.2, 0.25) is 5.89 Å². The molecule has 3 heterocycles. The second-order valence-electron chi connectivity index (χ2n) is 6.46. The van der Waals surface area contributed by atoms with E-state index in [2.05, 4.69) is 38.5 Å². The van der Waals surface area contributed by atoms with Gasteiger partial charge in [-0.15, -0.1) is 12.3 Å². The predicted octanol–water partition coefficient (Wildman–Crippen LogP) is 2.26. The molecule has 2 N–H and O–H groups in total. The van der Waals surface area contributed by atoms with Crippen molar-refractivity contribution in [3.05, 3.63) is 35.1 Å². The predicted molar refractivity (Wildman–Crippen MR) is 95.7 cm³/mol. The Kier molecular flexibility index (Phi) is 5.84. The third-order valence-electron chi connectivity index (χ3n) is 4.37. The van der Waals surface area contributed by atoms with E-state index in [0.717, 1.165) is 43.7 Å². The summed E-state index contributed by atoms with van der Waals surface area (Å²) < 4.78 is 5.18. The third-order valence-corrected chi connectivity index (χ3v) is 4.37. The van der Waals surface area contributed by atoms with Gasteiger partial charge in [-0.1, -0.05) is 11.2 Å². The molecular formula is C19H22N4O3. The number of rotatable bonds is 8. The Labute approximate surface area is 152 Å². The van der Waals surface area contributed by atoms with E-state index < -0.39 is 11.9 Å². The summed E-state index contributed by atoms with van der Waals surface area (Å²) in [5, 5.41) is 16.1. The normalized spacial score (nSPS) is 14.1. The number of fused-ring (bicyclic) bond motifs is 1. The largest absolute Gasteiger partial charge is 0.481 e. The second kappa shape index (κ2) is 8.48. The van der Waals surface area contributed by atoms with E-state index in [1.165, 1.54) is 5.56 Å². The van der Waals surface area contributed by atoms with Crippen molar-refractivity contribution in [2.45, 2.75) is 44.9 Å². The molecular weight excluding hydrogens is 332 g/mol. The van der Waals surface area contributed by atoms with Crippen LogP contribution < -0.4 is 5.32 Å². The number of aliphatic carboxylic acids is 1. The molecule has 26 heavy (non-hydrogen) atoms. The van der Waals surface area contributed by atoms with Crippen LogP contribution in [0.4, 0.5) is 5.82 Å². The molecule has 0 bridgehead atoms. The van der Waals surface area contributed by atoms with Crippen LogP contribution in [0, 0.1) is 18.3 Å². The Morgan fingerprint density at radius 3 is 3.08 bits per heavy atom. The first kappa shape index (κ1) is 17.9. The fourth-order valence-corrected chi connectivity index (χ4v) is 3.02. The summed E-state index contributed by atoms with van der Waals surface area (Å²) in [7, 11) is 0. The van der Waals surface area contributed by atoms with Gasteiger partial charge in [-0.05, 0) is 37.3 Å². The van der Waals surface area contributed by atoms with Crippen LogP contribution in [0.5, 0.6) is 0 Å². The summed E-state index contributed by atoms with van der Waals surface area (Å²) >= 11 is 0. The molecule has 0 radical (unpaired) electrons. The van der Waals surface area contributed by atoms with Crippen LogP contribution in [0.3, 0.4) is 0 Å². The Hall–Kier alpha value is -2.88. The van der Waals surface area contributed by atoms with Gasteiger partial charge in [-0.3, -0.25) is 4.79 Å². The Morgan fingerprint density at radius 2 is 2.27 bits per heavy atom. The molecule has 1 aliphatic rings. The maximum Gasteiger partial charge on any atom is 0.304 e. The number of nitrogens with zero attached hydrogens (tertiary/aromatic N) is 3. The molecule has 2 aromatic rings. The van der Waals surface area contributed by atoms with Crippen molar-refractivity contribution in [1.29, 1.82) is 0 Å². The molecule has 1 aliphatic heterocycles. The maximum absolute atomic E-state index is 10.8. The molecule has 136 valence electrons. The van der Waals surface area contributed by atoms with E-state index in [4.69, 9.17) is 16.1 Å². The lowest BCUT2D eigenvalue weighted by Crippen LogP contribution is -2.14. The summed E-state index contributed by atoms with van der Waals surface area (Å²) in [4.78, 5) is 19.7. The lowest BCUT2D eigenvalue weighted by molar-refractivity contribution is -0.137. The number of nitrogens with one attached hydrogen (secondary N) is 1. The van der Waals surface area contributed by atoms with Crippen LogP contribution >= 0.6 is 0 Å². The number of aromatic nitrogens is 3. The molecule has 0 spiro atoms. The first-order valence-corrected chi connectivity index (χ1v) is 8.86. The molecule has 0 amide bonds. The molecule has 0 fully saturated rings. The van der Waals surface area contributed by atoms with Gasteiger partial charge in [0.1, 0.15) is 5.82 Å². The Balaban J connectivity index is 1.49. The summed E-state index contributed by atoms with van der Waals surface area (Å²) in [5.74, 6) is 3.10. The third kappa shape index (κ3) is 4.82. The smallest absolute Gasteiger partial charge is 0.304 e. The summed E-state index contributed by atoms with van der Waals surface area (Å²) in [5.41, 5.74) is 2.34. The number of carboxylic acid groups (broad SMARTS) is 1. The molecule has 1 unspecified atom stereocenters. The molecule has 0 aromatic carbocycles. The Bertz CT molecular complexity index is 809. The van der Waals surface area contributed by atoms with Gasteiger partial charge in [0.05, 0.1) is 6.42 Å². The van der Waals surface area contributed by atoms with Crippen LogP contribution in [0.1, 0.15) is 42.2 Å². The summed E-state index contributed by atoms with van der Waals surface area (Å²) in [6.07, 6.45) is 10.1. The number of terminal acetylenes is 1. The minimum atomic E-state index is -0.931. The highest BCUT2D eigenvalue weighted by molar-refractivity contribution is 5.67. The van der Waals surface area contributed by atoms with E-state index in [9.17, 15) is 4.79 Å². The highest BCUT2D eigenvalue weighted by atomic mass is 16.5. The van der Waals surface area contributed by atoms with E-state index >= 15 is 0 Å². The number of anilines is 1. The second-order valence-corrected chi connectivity index (χ2v) is 6.46. The topological polar surface area (TPSA) is 101 Å². The number of carbonyl (C=O) groups is 1. The molecule has 1 atom stereocenters. The molecule has 7 heteroatoms. The first-order valence-electron chi connectivity index (χ1n) is 8.86. The number of aryl methyl sites for hydroxylation is 3. The first-order chi connectivity index (χ1) is 12.6. The van der Waals surface area contributed by atoms with Gasteiger partial charge < -0.3 is 14.9 Å². The average Bonchev–Trinajstić information content (AvgIpc) is 3.08. The Morgan fingerprint density at radius 1 is 1.38 bits per heavy atom. The molecule has 2 aromatic heterocycles. The monoisotopic (exact) mass is 354 g/mol. The molecule has 0 saturated heterocycles. The summed E-state index contributed by atoms with van der Waals surface area (Å²) in [6.45, 7) is 0.982. The van der Waals surface area contributed by atoms with Gasteiger partial charge >= 0.3 is 5.97 Å². The van der Waals surface area contributed by atoms with E-state index in [0.29, 0.717) is 18.1 Å². The lowest BCUT2D eigenvalue weighted by atomic mass is 10.0. The van der Waals surface area contributed by atoms with Gasteiger partial charge in [0.15, 0.2) is 5.82 Å². The summed E-state index contributed by atoms with van der Waals surface area (Å²) in [6, 6.07) is 4.23. The van der Waals surface area contributed by atoms with Crippen LogP contribution in [-0.4, -0.2) is 32.7 Å². The van der Waals surface area contributed by atoms with E-state index in [-0.39, 0.29) is 12.8 Å². The van der Waals surface area contributed by atoms with Crippen LogP contribution in [-0.2, 0) is 30.5 Å². The van der Waals surface area contributed by atoms with E-state index in [1.807, 2.05) is 0 Å². The number of pyridine rings is 1. The standard InChI is InChI=1S/C19H22N4O3/c1-2-13(12-18(24)25)11-17-22-16(23-26-17)7-3-6-15-9-8-14-5-4-10-20-19(14)21-15/h1,8-9,13H,3-7,10-12H2,(H,20,21)(H,24,25). The zero-order chi connectivity index (χ0) is 18.4. The minimum Gasteiger partial charge on any atom is -0.481 e. The van der Waals surface area contributed by atoms with E-state index in [1.54, 1.807) is 0 Å². The van der Waals surface area contributed by atoms with Gasteiger partial charge in [-0.2, -0.15) is 4.98 Å². The van der Waals surface area contributed by atoms with Gasteiger partial charge in [-0.25, -0.2) is 4.98 Å². The quantitative estimate of drug-likeness (QED) is 0.701. The van der Waals surface area contributed by atoms with Crippen molar-refractivity contribution in [2.75, 3.05) is 11.9 Å². The number of hydrogen-bond donors (Lipinski definition) is 2. The van der Waals surface area contributed by atoms with Crippen molar-refractivity contribution >= 4 is 11.8 Å². The SMILES string of the molecule is C#CC(CC(=O)O)Cc1nc(CCCc2ccc3c(n2)NCCC3)no1. The molecule has 3 rings (SSSR count). The highest BCUT2D eigenvalue weighted by Crippen LogP contribution is 2.20. The van der Waals surface area contributed by atoms with Crippen molar-refractivity contribution < 1.29 is 14.4 Å². The fourth-order valence-electron chi connectivity index (χ4n) is 3.02. The van der Waals surface area contributed by atoms with Crippen molar-refractivity contribution in [3.8, 4) is 12.3 Å². The average molecular weight is 354 g/mol. The van der Waals surface area contributed by atoms with Crippen LogP contribution in [0.2, 0.25) is 0 Å². The maximum atomic E-state index is 10.8. The number of hydrogen-bond acceptors (Lipinski definition) is 6. The van der Waals surface area contributed by atoms with Gasteiger partial charge in [0.25, 0.3) is 0 Å². The van der Waals surface area contributed by atoms with Crippen molar-refractivity contribution in [2.24, 2.45) is 5.92 Å². The zero-order valence-corrected chi connectivity index (χ0v) is 14.6. The lowest BCUT2D eigenvalue weighted by Gasteiger charge is -2.17. The molecule has 0 aliphatic carbocycles. The van der Waals surface area contributed by atoms with Crippen molar-refractivity contribution in [3.63, 3.8) is 0 Å². The van der Waals surface area contributed by atoms with Gasteiger partial charge in [0, 0.05) is 31.0 Å². The van der Waals surface area contributed by atoms with Crippen molar-refractivity contribution in [1.82, 2.24) is 15.1 Å². The molecule has 0 saturated carbocycles. The zero-order valence-electron chi connectivity index (χ0n) is 14.6. The van der Waals surface area contributed by atoms with Crippen LogP contribution in [0.25, 0.3) is 0 Å². The number of carboxylic acids is 1. The highest BCUT2D eigenvalue weighted by Gasteiger charge is 2.16. The van der Waals surface area contributed by atoms with Crippen LogP contribution in [0.15, 0.2) is 16.7 Å². The fraction of sp³-hybridized carbons (Fsp3) is 0.474. The minimum absolute atomic E-state index is 0.105. The molecule has 7 nitrogen and oxygen atoms in total.